The van der Waals surface area contributed by atoms with Crippen LogP contribution in [-0.4, -0.2) is 50.9 Å². The molecule has 0 aliphatic rings. The third-order valence-corrected chi connectivity index (χ3v) is 0.471. The lowest BCUT2D eigenvalue weighted by molar-refractivity contribution is 0.0650. The molecule has 0 aromatic rings. The minimum absolute atomic E-state index is 0.0278. The van der Waals surface area contributed by atoms with Crippen LogP contribution in [-0.2, 0) is 9.47 Å². The molecular formula is C6H16O4. The van der Waals surface area contributed by atoms with Crippen molar-refractivity contribution in [2.45, 2.75) is 0 Å². The molecule has 10 heavy (non-hydrogen) atoms. The predicted octanol–water partition coefficient (Wildman–Crippen LogP) is -0.750. The maximum Gasteiger partial charge on any atom is 0.0698 e. The van der Waals surface area contributed by atoms with E-state index >= 15 is 0 Å². The Bertz CT molecular complexity index is 36.7. The molecule has 0 saturated heterocycles. The number of methoxy groups -OCH3 is 1. The number of hydrogen-bond acceptors (Lipinski definition) is 4. The van der Waals surface area contributed by atoms with Crippen molar-refractivity contribution in [3.63, 3.8) is 0 Å². The van der Waals surface area contributed by atoms with Gasteiger partial charge in [-0.15, -0.1) is 0 Å². The van der Waals surface area contributed by atoms with Crippen LogP contribution in [0.15, 0.2) is 0 Å². The van der Waals surface area contributed by atoms with Crippen LogP contribution < -0.4 is 0 Å². The Hall–Kier alpha value is -0.160. The Morgan fingerprint density at radius 3 is 1.50 bits per heavy atom. The third-order valence-electron chi connectivity index (χ3n) is 0.471. The summed E-state index contributed by atoms with van der Waals surface area (Å²) < 4.78 is 8.88. The summed E-state index contributed by atoms with van der Waals surface area (Å²) in [7, 11) is 3.25. The Morgan fingerprint density at radius 2 is 1.30 bits per heavy atom. The van der Waals surface area contributed by atoms with Gasteiger partial charge in [0, 0.05) is 14.2 Å². The van der Waals surface area contributed by atoms with Gasteiger partial charge in [-0.25, -0.2) is 0 Å². The molecule has 4 nitrogen and oxygen atoms in total. The van der Waals surface area contributed by atoms with Gasteiger partial charge in [0.2, 0.25) is 0 Å². The van der Waals surface area contributed by atoms with Crippen LogP contribution in [0.25, 0.3) is 0 Å². The van der Waals surface area contributed by atoms with Crippen molar-refractivity contribution in [3.05, 3.63) is 0 Å². The van der Waals surface area contributed by atoms with E-state index in [1.807, 2.05) is 0 Å². The van der Waals surface area contributed by atoms with E-state index in [0.29, 0.717) is 13.2 Å². The molecule has 0 bridgehead atoms. The molecular weight excluding hydrogens is 136 g/mol. The molecule has 0 aromatic heterocycles. The van der Waals surface area contributed by atoms with Gasteiger partial charge in [-0.05, 0) is 0 Å². The Kier molecular flexibility index (Phi) is 19.9. The summed E-state index contributed by atoms with van der Waals surface area (Å²) in [4.78, 5) is 0. The average molecular weight is 152 g/mol. The maximum absolute atomic E-state index is 8.09. The van der Waals surface area contributed by atoms with Crippen LogP contribution in [0.3, 0.4) is 0 Å². The molecule has 0 rings (SSSR count). The summed E-state index contributed by atoms with van der Waals surface area (Å²) in [5.41, 5.74) is 0. The number of aliphatic hydroxyl groups excluding tert-OH is 2. The van der Waals surface area contributed by atoms with Crippen LogP contribution in [0.4, 0.5) is 0 Å². The van der Waals surface area contributed by atoms with Crippen molar-refractivity contribution in [1.29, 1.82) is 0 Å². The molecule has 0 atom stereocenters. The van der Waals surface area contributed by atoms with E-state index in [4.69, 9.17) is 10.2 Å². The normalized spacial score (nSPS) is 8.40. The van der Waals surface area contributed by atoms with Crippen molar-refractivity contribution >= 4 is 0 Å². The molecule has 0 heterocycles. The fourth-order valence-electron chi connectivity index (χ4n) is 0.231. The number of rotatable bonds is 4. The lowest BCUT2D eigenvalue weighted by Crippen LogP contribution is -2.03. The van der Waals surface area contributed by atoms with Crippen LogP contribution >= 0.6 is 0 Å². The van der Waals surface area contributed by atoms with Gasteiger partial charge in [0.25, 0.3) is 0 Å². The quantitative estimate of drug-likeness (QED) is 0.520. The third kappa shape index (κ3) is 24.9. The molecule has 0 unspecified atom stereocenters. The zero-order valence-electron chi connectivity index (χ0n) is 6.54. The second-order valence-electron chi connectivity index (χ2n) is 1.47. The summed E-state index contributed by atoms with van der Waals surface area (Å²) in [6.07, 6.45) is 0. The lowest BCUT2D eigenvalue weighted by atomic mass is 10.7. The Morgan fingerprint density at radius 1 is 1.00 bits per heavy atom. The first kappa shape index (κ1) is 12.5. The highest BCUT2D eigenvalue weighted by Gasteiger charge is 1.79. The van der Waals surface area contributed by atoms with Crippen LogP contribution in [0.5, 0.6) is 0 Å². The molecule has 64 valence electrons. The van der Waals surface area contributed by atoms with Gasteiger partial charge in [-0.1, -0.05) is 0 Å². The van der Waals surface area contributed by atoms with Crippen molar-refractivity contribution in [2.24, 2.45) is 0 Å². The molecule has 0 radical (unpaired) electrons. The molecule has 0 aromatic carbocycles. The van der Waals surface area contributed by atoms with E-state index in [1.54, 1.807) is 14.2 Å². The number of hydrogen-bond donors (Lipinski definition) is 2. The van der Waals surface area contributed by atoms with Crippen molar-refractivity contribution in [1.82, 2.24) is 0 Å². The zero-order chi connectivity index (χ0) is 8.24. The highest BCUT2D eigenvalue weighted by molar-refractivity contribution is 4.24. The van der Waals surface area contributed by atoms with Gasteiger partial charge < -0.3 is 19.7 Å². The van der Waals surface area contributed by atoms with Gasteiger partial charge in [0.15, 0.2) is 0 Å². The largest absolute Gasteiger partial charge is 0.394 e. The molecule has 4 heteroatoms. The summed E-state index contributed by atoms with van der Waals surface area (Å²) in [6, 6.07) is 0. The van der Waals surface area contributed by atoms with E-state index in [0.717, 1.165) is 0 Å². The van der Waals surface area contributed by atoms with Gasteiger partial charge in [0.05, 0.1) is 26.4 Å². The maximum atomic E-state index is 8.09. The second kappa shape index (κ2) is 15.9. The number of aliphatic hydroxyl groups is 2. The second-order valence-corrected chi connectivity index (χ2v) is 1.47. The molecule has 0 aliphatic heterocycles. The molecule has 0 spiro atoms. The molecule has 0 amide bonds. The van der Waals surface area contributed by atoms with E-state index in [1.165, 1.54) is 0 Å². The monoisotopic (exact) mass is 152 g/mol. The summed E-state index contributed by atoms with van der Waals surface area (Å²) in [5, 5.41) is 16.2. The van der Waals surface area contributed by atoms with Gasteiger partial charge in [0.1, 0.15) is 0 Å². The average Bonchev–Trinajstić information content (AvgIpc) is 1.91. The van der Waals surface area contributed by atoms with E-state index in [9.17, 15) is 0 Å². The highest BCUT2D eigenvalue weighted by atomic mass is 16.5. The molecule has 0 saturated carbocycles. The van der Waals surface area contributed by atoms with Gasteiger partial charge in [-0.3, -0.25) is 0 Å². The van der Waals surface area contributed by atoms with E-state index in [2.05, 4.69) is 9.47 Å². The predicted molar refractivity (Wildman–Crippen MR) is 37.9 cm³/mol. The molecule has 0 fully saturated rings. The lowest BCUT2D eigenvalue weighted by Gasteiger charge is -1.94. The van der Waals surface area contributed by atoms with E-state index in [-0.39, 0.29) is 13.2 Å². The first-order valence-corrected chi connectivity index (χ1v) is 3.03. The minimum atomic E-state index is 0.0278. The summed E-state index contributed by atoms with van der Waals surface area (Å²) in [6.45, 7) is 0.696. The van der Waals surface area contributed by atoms with Crippen LogP contribution in [0.2, 0.25) is 0 Å². The number of ether oxygens (including phenoxy) is 2. The van der Waals surface area contributed by atoms with Crippen LogP contribution in [0, 0.1) is 0 Å². The fraction of sp³-hybridized carbons (Fsp3) is 1.00. The van der Waals surface area contributed by atoms with Crippen LogP contribution in [0.1, 0.15) is 0 Å². The summed E-state index contributed by atoms with van der Waals surface area (Å²) >= 11 is 0. The highest BCUT2D eigenvalue weighted by Crippen LogP contribution is 1.68. The summed E-state index contributed by atoms with van der Waals surface area (Å²) in [5.74, 6) is 0. The Balaban J connectivity index is 0. The zero-order valence-corrected chi connectivity index (χ0v) is 6.54. The van der Waals surface area contributed by atoms with Gasteiger partial charge in [-0.2, -0.15) is 0 Å². The first-order valence-electron chi connectivity index (χ1n) is 3.03. The minimum Gasteiger partial charge on any atom is -0.394 e. The SMILES string of the molecule is COC.OCCOCCO. The Labute approximate surface area is 61.4 Å². The van der Waals surface area contributed by atoms with Crippen molar-refractivity contribution < 1.29 is 19.7 Å². The smallest absolute Gasteiger partial charge is 0.0698 e. The topological polar surface area (TPSA) is 58.9 Å². The van der Waals surface area contributed by atoms with Crippen molar-refractivity contribution in [2.75, 3.05) is 40.6 Å². The van der Waals surface area contributed by atoms with E-state index < -0.39 is 0 Å². The van der Waals surface area contributed by atoms with Crippen molar-refractivity contribution in [3.8, 4) is 0 Å². The standard InChI is InChI=1S/C4H10O3.C2H6O/c5-1-3-7-4-2-6;1-3-2/h5-6H,1-4H2;1-2H3. The van der Waals surface area contributed by atoms with Gasteiger partial charge >= 0.3 is 0 Å². The first-order chi connectivity index (χ1) is 4.83. The molecule has 0 aliphatic carbocycles. The fourth-order valence-corrected chi connectivity index (χ4v) is 0.231. The molecule has 2 N–H and O–H groups in total.